The maximum Gasteiger partial charge on any atom is 0.326 e. The summed E-state index contributed by atoms with van der Waals surface area (Å²) in [5.74, 6) is 1.89. The summed E-state index contributed by atoms with van der Waals surface area (Å²) in [4.78, 5) is 35.8. The first-order valence-corrected chi connectivity index (χ1v) is 15.1. The first-order chi connectivity index (χ1) is 20.8. The van der Waals surface area contributed by atoms with Gasteiger partial charge < -0.3 is 19.9 Å². The highest BCUT2D eigenvalue weighted by Gasteiger charge is 2.52. The maximum atomic E-state index is 13.9. The van der Waals surface area contributed by atoms with E-state index in [0.29, 0.717) is 62.8 Å². The SMILES string of the molecule is COc1cccc(OC)c1-c1nc(C(=O)NC(C(=O)O)C2C3CC4CC(C3)CC2C4)cn1-c1ccnc2cc(Cl)ccc12. The summed E-state index contributed by atoms with van der Waals surface area (Å²) in [5, 5.41) is 14.6. The van der Waals surface area contributed by atoms with Crippen molar-refractivity contribution in [3.63, 3.8) is 0 Å². The van der Waals surface area contributed by atoms with Crippen LogP contribution in [0.3, 0.4) is 0 Å². The fraction of sp³-hybridized carbons (Fsp3) is 0.394. The second kappa shape index (κ2) is 10.9. The van der Waals surface area contributed by atoms with E-state index in [1.807, 2.05) is 18.2 Å². The van der Waals surface area contributed by atoms with Gasteiger partial charge in [0.15, 0.2) is 5.82 Å². The van der Waals surface area contributed by atoms with Crippen molar-refractivity contribution in [1.29, 1.82) is 0 Å². The summed E-state index contributed by atoms with van der Waals surface area (Å²) in [6.45, 7) is 0. The third kappa shape index (κ3) is 4.79. The summed E-state index contributed by atoms with van der Waals surface area (Å²) in [6.07, 6.45) is 8.81. The molecule has 1 atom stereocenters. The van der Waals surface area contributed by atoms with Gasteiger partial charge in [-0.1, -0.05) is 17.7 Å². The summed E-state index contributed by atoms with van der Waals surface area (Å²) >= 11 is 6.26. The number of nitrogens with zero attached hydrogens (tertiary/aromatic N) is 3. The van der Waals surface area contributed by atoms with Crippen molar-refractivity contribution < 1.29 is 24.2 Å². The third-order valence-electron chi connectivity index (χ3n) is 9.77. The number of fused-ring (bicyclic) bond motifs is 1. The van der Waals surface area contributed by atoms with Crippen LogP contribution < -0.4 is 14.8 Å². The Hall–Kier alpha value is -4.11. The van der Waals surface area contributed by atoms with Gasteiger partial charge in [0.05, 0.1) is 25.4 Å². The van der Waals surface area contributed by atoms with E-state index in [0.717, 1.165) is 31.1 Å². The van der Waals surface area contributed by atoms with E-state index >= 15 is 0 Å². The molecule has 10 heteroatoms. The number of hydrogen-bond donors (Lipinski definition) is 2. The molecule has 2 heterocycles. The van der Waals surface area contributed by atoms with Gasteiger partial charge in [0.1, 0.15) is 28.8 Å². The van der Waals surface area contributed by atoms with Crippen molar-refractivity contribution in [1.82, 2.24) is 19.9 Å². The summed E-state index contributed by atoms with van der Waals surface area (Å²) in [6, 6.07) is 11.7. The Morgan fingerprint density at radius 2 is 1.67 bits per heavy atom. The van der Waals surface area contributed by atoms with E-state index in [1.165, 1.54) is 6.42 Å². The van der Waals surface area contributed by atoms with Gasteiger partial charge in [-0.3, -0.25) is 14.3 Å². The minimum absolute atomic E-state index is 0.0704. The quantitative estimate of drug-likeness (QED) is 0.254. The van der Waals surface area contributed by atoms with Crippen molar-refractivity contribution in [2.45, 2.75) is 38.1 Å². The number of methoxy groups -OCH3 is 2. The number of amides is 1. The minimum Gasteiger partial charge on any atom is -0.496 e. The number of ether oxygens (including phenoxy) is 2. The van der Waals surface area contributed by atoms with Crippen LogP contribution in [-0.4, -0.2) is 51.8 Å². The minimum atomic E-state index is -0.992. The fourth-order valence-electron chi connectivity index (χ4n) is 8.29. The molecule has 4 aliphatic carbocycles. The van der Waals surface area contributed by atoms with Crippen molar-refractivity contribution >= 4 is 34.4 Å². The van der Waals surface area contributed by atoms with Crippen LogP contribution in [0.1, 0.15) is 42.6 Å². The molecule has 1 unspecified atom stereocenters. The molecular formula is C33H33ClN4O5. The van der Waals surface area contributed by atoms with Crippen LogP contribution in [0.15, 0.2) is 54.9 Å². The van der Waals surface area contributed by atoms with Crippen LogP contribution in [0.25, 0.3) is 28.0 Å². The van der Waals surface area contributed by atoms with Crippen molar-refractivity contribution in [3.8, 4) is 28.6 Å². The van der Waals surface area contributed by atoms with E-state index < -0.39 is 17.9 Å². The molecule has 0 saturated heterocycles. The number of nitrogens with one attached hydrogen (secondary N) is 1. The van der Waals surface area contributed by atoms with Crippen LogP contribution >= 0.6 is 11.6 Å². The van der Waals surface area contributed by atoms with Crippen LogP contribution in [0.4, 0.5) is 0 Å². The highest BCUT2D eigenvalue weighted by Crippen LogP contribution is 2.57. The summed E-state index contributed by atoms with van der Waals surface area (Å²) in [5.41, 5.74) is 2.04. The van der Waals surface area contributed by atoms with Gasteiger partial charge in [-0.15, -0.1) is 0 Å². The molecule has 9 nitrogen and oxygen atoms in total. The zero-order valence-electron chi connectivity index (χ0n) is 24.0. The molecule has 4 saturated carbocycles. The predicted octanol–water partition coefficient (Wildman–Crippen LogP) is 6.01. The van der Waals surface area contributed by atoms with Gasteiger partial charge in [0.25, 0.3) is 5.91 Å². The number of aromatic nitrogens is 3. The van der Waals surface area contributed by atoms with Gasteiger partial charge in [-0.2, -0.15) is 0 Å². The van der Waals surface area contributed by atoms with E-state index in [-0.39, 0.29) is 11.6 Å². The fourth-order valence-corrected chi connectivity index (χ4v) is 8.45. The third-order valence-corrected chi connectivity index (χ3v) is 10.0. The Bertz CT molecular complexity index is 1690. The molecule has 2 aromatic heterocycles. The van der Waals surface area contributed by atoms with Crippen LogP contribution in [0.2, 0.25) is 5.02 Å². The van der Waals surface area contributed by atoms with Gasteiger partial charge in [0, 0.05) is 22.8 Å². The molecule has 43 heavy (non-hydrogen) atoms. The number of carboxylic acid groups (broad SMARTS) is 1. The zero-order chi connectivity index (χ0) is 29.8. The average Bonchev–Trinajstić information content (AvgIpc) is 3.44. The van der Waals surface area contributed by atoms with Crippen LogP contribution in [0.5, 0.6) is 11.5 Å². The largest absolute Gasteiger partial charge is 0.496 e. The van der Waals surface area contributed by atoms with E-state index in [9.17, 15) is 14.7 Å². The molecule has 4 bridgehead atoms. The van der Waals surface area contributed by atoms with Gasteiger partial charge in [0.2, 0.25) is 0 Å². The molecule has 1 amide bonds. The second-order valence-corrected chi connectivity index (χ2v) is 12.6. The lowest BCUT2D eigenvalue weighted by molar-refractivity contribution is -0.146. The lowest BCUT2D eigenvalue weighted by Gasteiger charge is -2.55. The average molecular weight is 601 g/mol. The Kier molecular flexibility index (Phi) is 7.00. The molecular weight excluding hydrogens is 568 g/mol. The van der Waals surface area contributed by atoms with Crippen molar-refractivity contribution in [3.05, 3.63) is 65.6 Å². The molecule has 4 aromatic rings. The Morgan fingerprint density at radius 1 is 1.00 bits per heavy atom. The highest BCUT2D eigenvalue weighted by molar-refractivity contribution is 6.31. The van der Waals surface area contributed by atoms with Crippen molar-refractivity contribution in [2.75, 3.05) is 14.2 Å². The summed E-state index contributed by atoms with van der Waals surface area (Å²) < 4.78 is 13.2. The van der Waals surface area contributed by atoms with Gasteiger partial charge in [-0.05, 0) is 98.1 Å². The van der Waals surface area contributed by atoms with Crippen LogP contribution in [-0.2, 0) is 4.79 Å². The highest BCUT2D eigenvalue weighted by atomic mass is 35.5. The Morgan fingerprint density at radius 3 is 2.30 bits per heavy atom. The lowest BCUT2D eigenvalue weighted by Crippen LogP contribution is -2.56. The molecule has 2 N–H and O–H groups in total. The number of halogens is 1. The smallest absolute Gasteiger partial charge is 0.326 e. The van der Waals surface area contributed by atoms with E-state index in [4.69, 9.17) is 26.1 Å². The number of pyridine rings is 1. The molecule has 0 radical (unpaired) electrons. The molecule has 4 fully saturated rings. The van der Waals surface area contributed by atoms with Gasteiger partial charge in [-0.25, -0.2) is 9.78 Å². The first kappa shape index (κ1) is 27.7. The number of carbonyl (C=O) groups excluding carboxylic acids is 1. The number of carbonyl (C=O) groups is 2. The van der Waals surface area contributed by atoms with Gasteiger partial charge >= 0.3 is 5.97 Å². The number of imidazole rings is 1. The normalized spacial score (nSPS) is 24.6. The van der Waals surface area contributed by atoms with E-state index in [1.54, 1.807) is 55.4 Å². The predicted molar refractivity (Wildman–Crippen MR) is 162 cm³/mol. The number of aliphatic carboxylic acids is 1. The molecule has 2 aromatic carbocycles. The van der Waals surface area contributed by atoms with E-state index in [2.05, 4.69) is 10.3 Å². The Balaban J connectivity index is 1.32. The number of carboxylic acids is 1. The number of hydrogen-bond acceptors (Lipinski definition) is 6. The Labute approximate surface area is 254 Å². The number of rotatable bonds is 8. The van der Waals surface area contributed by atoms with Crippen LogP contribution in [0, 0.1) is 29.6 Å². The monoisotopic (exact) mass is 600 g/mol. The topological polar surface area (TPSA) is 116 Å². The molecule has 8 rings (SSSR count). The standard InChI is InChI=1S/C33H33ClN4O5/c1-42-26-4-3-5-27(43-2)29(26)31-36-24(16-38(31)25-8-9-35-23-15-21(34)6-7-22(23)25)32(39)37-30(33(40)41)28-19-11-17-10-18(13-19)14-20(28)12-17/h3-9,15-20,28,30H,10-14H2,1-2H3,(H,37,39)(H,40,41). The zero-order valence-corrected chi connectivity index (χ0v) is 24.8. The van der Waals surface area contributed by atoms with Crippen molar-refractivity contribution in [2.24, 2.45) is 29.6 Å². The lowest BCUT2D eigenvalue weighted by atomic mass is 9.50. The molecule has 4 aliphatic rings. The molecule has 0 spiro atoms. The second-order valence-electron chi connectivity index (χ2n) is 12.1. The molecule has 222 valence electrons. The maximum absolute atomic E-state index is 13.9. The molecule has 0 aliphatic heterocycles. The number of benzene rings is 2. The first-order valence-electron chi connectivity index (χ1n) is 14.7. The summed E-state index contributed by atoms with van der Waals surface area (Å²) in [7, 11) is 3.12.